The third-order valence-electron chi connectivity index (χ3n) is 0.762. The first kappa shape index (κ1) is 8.82. The van der Waals surface area contributed by atoms with E-state index in [4.69, 9.17) is 4.74 Å². The van der Waals surface area contributed by atoms with Crippen molar-refractivity contribution < 1.29 is 9.53 Å². The van der Waals surface area contributed by atoms with Crippen molar-refractivity contribution in [1.82, 2.24) is 0 Å². The van der Waals surface area contributed by atoms with Crippen molar-refractivity contribution in [3.8, 4) is 0 Å². The van der Waals surface area contributed by atoms with Crippen LogP contribution in [0.25, 0.3) is 0 Å². The van der Waals surface area contributed by atoms with Crippen LogP contribution in [-0.4, -0.2) is 30.7 Å². The lowest BCUT2D eigenvalue weighted by Crippen LogP contribution is -2.09. The van der Waals surface area contributed by atoms with Gasteiger partial charge in [0.2, 0.25) is 0 Å². The van der Waals surface area contributed by atoms with Crippen molar-refractivity contribution in [1.29, 1.82) is 0 Å². The maximum absolute atomic E-state index is 10.9. The quantitative estimate of drug-likeness (QED) is 0.533. The SMILES string of the molecule is CCOC(=O)S(C)(C)C. The van der Waals surface area contributed by atoms with Gasteiger partial charge in [0.1, 0.15) is 0 Å². The summed E-state index contributed by atoms with van der Waals surface area (Å²) in [6.07, 6.45) is 5.76. The Hall–Kier alpha value is -0.180. The molecule has 0 N–H and O–H groups in total. The number of carbonyl (C=O) groups excluding carboxylic acids is 1. The average molecular weight is 150 g/mol. The first-order valence-electron chi connectivity index (χ1n) is 2.83. The molecular formula is C6H14O2S. The smallest absolute Gasteiger partial charge is 0.348 e. The largest absolute Gasteiger partial charge is 0.459 e. The van der Waals surface area contributed by atoms with Crippen LogP contribution >= 0.6 is 10.0 Å². The summed E-state index contributed by atoms with van der Waals surface area (Å²) in [5.41, 5.74) is 0. The Bertz CT molecular complexity index is 104. The van der Waals surface area contributed by atoms with Crippen LogP contribution in [0.15, 0.2) is 0 Å². The molecule has 0 heterocycles. The van der Waals surface area contributed by atoms with Gasteiger partial charge < -0.3 is 4.74 Å². The third kappa shape index (κ3) is 3.40. The van der Waals surface area contributed by atoms with Crippen LogP contribution in [0.4, 0.5) is 4.79 Å². The molecule has 0 aliphatic heterocycles. The normalized spacial score (nSPS) is 12.9. The predicted molar refractivity (Wildman–Crippen MR) is 42.4 cm³/mol. The molecule has 0 rings (SSSR count). The summed E-state index contributed by atoms with van der Waals surface area (Å²) in [4.78, 5) is 10.9. The van der Waals surface area contributed by atoms with E-state index in [9.17, 15) is 4.79 Å². The van der Waals surface area contributed by atoms with Gasteiger partial charge >= 0.3 is 5.30 Å². The zero-order valence-corrected chi connectivity index (χ0v) is 7.25. The maximum Gasteiger partial charge on any atom is 0.348 e. The molecule has 0 aromatic rings. The predicted octanol–water partition coefficient (Wildman–Crippen LogP) is 1.84. The molecule has 0 aromatic heterocycles. The molecule has 3 heteroatoms. The van der Waals surface area contributed by atoms with Crippen molar-refractivity contribution in [3.05, 3.63) is 0 Å². The molecule has 0 radical (unpaired) electrons. The highest BCUT2D eigenvalue weighted by molar-refractivity contribution is 8.43. The minimum absolute atomic E-state index is 0.0509. The Morgan fingerprint density at radius 2 is 1.89 bits per heavy atom. The molecular weight excluding hydrogens is 136 g/mol. The Labute approximate surface area is 57.9 Å². The maximum atomic E-state index is 10.9. The molecule has 0 fully saturated rings. The van der Waals surface area contributed by atoms with E-state index in [1.54, 1.807) is 0 Å². The highest BCUT2D eigenvalue weighted by atomic mass is 32.3. The molecule has 0 aliphatic rings. The van der Waals surface area contributed by atoms with E-state index in [0.717, 1.165) is 0 Å². The second-order valence-electron chi connectivity index (χ2n) is 2.52. The monoisotopic (exact) mass is 150 g/mol. The fourth-order valence-electron chi connectivity index (χ4n) is 0.295. The van der Waals surface area contributed by atoms with Gasteiger partial charge in [-0.2, -0.15) is 10.0 Å². The summed E-state index contributed by atoms with van der Waals surface area (Å²) in [5, 5.41) is -0.0509. The summed E-state index contributed by atoms with van der Waals surface area (Å²) in [7, 11) is -1.13. The molecule has 2 nitrogen and oxygen atoms in total. The molecule has 0 atom stereocenters. The summed E-state index contributed by atoms with van der Waals surface area (Å²) in [6.45, 7) is 2.31. The highest BCUT2D eigenvalue weighted by Crippen LogP contribution is 2.36. The lowest BCUT2D eigenvalue weighted by Gasteiger charge is -2.21. The van der Waals surface area contributed by atoms with Crippen LogP contribution in [0.1, 0.15) is 6.92 Å². The van der Waals surface area contributed by atoms with E-state index < -0.39 is 10.0 Å². The van der Waals surface area contributed by atoms with Crippen LogP contribution < -0.4 is 0 Å². The van der Waals surface area contributed by atoms with Crippen molar-refractivity contribution in [2.75, 3.05) is 25.4 Å². The molecule has 0 spiro atoms. The van der Waals surface area contributed by atoms with E-state index >= 15 is 0 Å². The molecule has 9 heavy (non-hydrogen) atoms. The van der Waals surface area contributed by atoms with Gasteiger partial charge in [-0.1, -0.05) is 0 Å². The van der Waals surface area contributed by atoms with Gasteiger partial charge in [0.15, 0.2) is 0 Å². The van der Waals surface area contributed by atoms with Gasteiger partial charge in [-0.05, 0) is 25.7 Å². The first-order chi connectivity index (χ1) is 3.98. The van der Waals surface area contributed by atoms with Gasteiger partial charge in [-0.25, -0.2) is 4.79 Å². The number of rotatable bonds is 1. The van der Waals surface area contributed by atoms with Crippen LogP contribution in [0.3, 0.4) is 0 Å². The molecule has 0 aromatic carbocycles. The lowest BCUT2D eigenvalue weighted by atomic mass is 10.9. The van der Waals surface area contributed by atoms with Gasteiger partial charge in [0.05, 0.1) is 6.61 Å². The number of ether oxygens (including phenoxy) is 1. The topological polar surface area (TPSA) is 26.3 Å². The summed E-state index contributed by atoms with van der Waals surface area (Å²) >= 11 is 0. The van der Waals surface area contributed by atoms with Crippen LogP contribution in [-0.2, 0) is 4.74 Å². The number of carbonyl (C=O) groups is 1. The Kier molecular flexibility index (Phi) is 3.04. The van der Waals surface area contributed by atoms with E-state index in [2.05, 4.69) is 0 Å². The molecule has 0 bridgehead atoms. The molecule has 0 aliphatic carbocycles. The Morgan fingerprint density at radius 1 is 1.44 bits per heavy atom. The van der Waals surface area contributed by atoms with Crippen molar-refractivity contribution in [2.24, 2.45) is 0 Å². The second-order valence-corrected chi connectivity index (χ2v) is 6.53. The zero-order chi connectivity index (χ0) is 7.49. The van der Waals surface area contributed by atoms with Crippen LogP contribution in [0.2, 0.25) is 0 Å². The minimum atomic E-state index is -1.13. The van der Waals surface area contributed by atoms with Gasteiger partial charge in [0, 0.05) is 0 Å². The summed E-state index contributed by atoms with van der Waals surface area (Å²) in [5.74, 6) is 0. The Morgan fingerprint density at radius 3 is 2.00 bits per heavy atom. The lowest BCUT2D eigenvalue weighted by molar-refractivity contribution is 0.180. The molecule has 0 amide bonds. The fraction of sp³-hybridized carbons (Fsp3) is 0.833. The number of hydrogen-bond acceptors (Lipinski definition) is 2. The third-order valence-corrected chi connectivity index (χ3v) is 1.88. The molecule has 0 saturated heterocycles. The van der Waals surface area contributed by atoms with E-state index in [0.29, 0.717) is 6.61 Å². The summed E-state index contributed by atoms with van der Waals surface area (Å²) in [6, 6.07) is 0. The van der Waals surface area contributed by atoms with E-state index in [-0.39, 0.29) is 5.30 Å². The van der Waals surface area contributed by atoms with Crippen LogP contribution in [0, 0.1) is 0 Å². The highest BCUT2D eigenvalue weighted by Gasteiger charge is 2.15. The fourth-order valence-corrected chi connectivity index (χ4v) is 0.766. The molecule has 0 unspecified atom stereocenters. The van der Waals surface area contributed by atoms with E-state index in [1.807, 2.05) is 25.7 Å². The standard InChI is InChI=1S/C6H14O2S/c1-5-8-6(7)9(2,3)4/h5H2,1-4H3. The molecule has 56 valence electrons. The van der Waals surface area contributed by atoms with E-state index in [1.165, 1.54) is 0 Å². The van der Waals surface area contributed by atoms with Crippen LogP contribution in [0.5, 0.6) is 0 Å². The second kappa shape index (κ2) is 3.11. The van der Waals surface area contributed by atoms with Crippen molar-refractivity contribution >= 4 is 15.3 Å². The minimum Gasteiger partial charge on any atom is -0.459 e. The van der Waals surface area contributed by atoms with Crippen molar-refractivity contribution in [2.45, 2.75) is 6.92 Å². The van der Waals surface area contributed by atoms with Gasteiger partial charge in [0.25, 0.3) is 0 Å². The molecule has 0 saturated carbocycles. The first-order valence-corrected chi connectivity index (χ1v) is 5.69. The summed E-state index contributed by atoms with van der Waals surface area (Å²) < 4.78 is 4.80. The number of hydrogen-bond donors (Lipinski definition) is 0. The zero-order valence-electron chi connectivity index (χ0n) is 6.43. The van der Waals surface area contributed by atoms with Crippen molar-refractivity contribution in [3.63, 3.8) is 0 Å². The Balaban J connectivity index is 3.74. The van der Waals surface area contributed by atoms with Gasteiger partial charge in [-0.3, -0.25) is 0 Å². The van der Waals surface area contributed by atoms with Gasteiger partial charge in [-0.15, -0.1) is 0 Å². The average Bonchev–Trinajstić information content (AvgIpc) is 1.64.